The molecule has 0 saturated carbocycles. The highest BCUT2D eigenvalue weighted by atomic mass is 79.9. The zero-order valence-corrected chi connectivity index (χ0v) is 17.7. The van der Waals surface area contributed by atoms with Gasteiger partial charge in [-0.3, -0.25) is 14.8 Å². The number of nitrogens with zero attached hydrogens (tertiary/aromatic N) is 3. The summed E-state index contributed by atoms with van der Waals surface area (Å²) in [5.41, 5.74) is 2.80. The minimum Gasteiger partial charge on any atom is -0.282 e. The van der Waals surface area contributed by atoms with Gasteiger partial charge in [0, 0.05) is 34.8 Å². The minimum absolute atomic E-state index is 0.133. The molecule has 0 atom stereocenters. The number of rotatable bonds is 4. The first-order chi connectivity index (χ1) is 14.2. The van der Waals surface area contributed by atoms with Crippen LogP contribution >= 0.6 is 15.9 Å². The van der Waals surface area contributed by atoms with Gasteiger partial charge in [0.1, 0.15) is 0 Å². The van der Waals surface area contributed by atoms with Gasteiger partial charge in [0.25, 0.3) is 0 Å². The molecule has 0 radical (unpaired) electrons. The van der Waals surface area contributed by atoms with Crippen molar-refractivity contribution < 1.29 is 4.79 Å². The molecule has 1 aliphatic heterocycles. The van der Waals surface area contributed by atoms with Crippen molar-refractivity contribution in [1.29, 1.82) is 5.26 Å². The highest BCUT2D eigenvalue weighted by Gasteiger charge is 2.26. The number of amides is 1. The van der Waals surface area contributed by atoms with E-state index in [0.717, 1.165) is 52.4 Å². The van der Waals surface area contributed by atoms with Crippen LogP contribution in [0.1, 0.15) is 30.4 Å². The van der Waals surface area contributed by atoms with Gasteiger partial charge >= 0.3 is 0 Å². The van der Waals surface area contributed by atoms with Crippen molar-refractivity contribution in [1.82, 2.24) is 5.01 Å². The Balaban J connectivity index is 1.61. The fourth-order valence-corrected chi connectivity index (χ4v) is 4.43. The molecule has 1 heterocycles. The number of fused-ring (bicyclic) bond motifs is 1. The topological polar surface area (TPSA) is 47.3 Å². The van der Waals surface area contributed by atoms with Crippen LogP contribution in [0.15, 0.2) is 65.1 Å². The van der Waals surface area contributed by atoms with E-state index in [0.29, 0.717) is 18.4 Å². The minimum atomic E-state index is 0.133. The van der Waals surface area contributed by atoms with Crippen LogP contribution in [0.3, 0.4) is 0 Å². The van der Waals surface area contributed by atoms with E-state index in [1.165, 1.54) is 0 Å². The number of hydrogen-bond donors (Lipinski definition) is 0. The van der Waals surface area contributed by atoms with E-state index in [2.05, 4.69) is 33.1 Å². The van der Waals surface area contributed by atoms with Crippen LogP contribution in [-0.4, -0.2) is 24.0 Å². The van der Waals surface area contributed by atoms with E-state index in [-0.39, 0.29) is 5.91 Å². The average Bonchev–Trinajstić information content (AvgIpc) is 2.77. The van der Waals surface area contributed by atoms with Crippen LogP contribution in [0.5, 0.6) is 0 Å². The van der Waals surface area contributed by atoms with E-state index in [4.69, 9.17) is 0 Å². The molecule has 0 aromatic heterocycles. The lowest BCUT2D eigenvalue weighted by atomic mass is 10.0. The molecule has 5 heteroatoms. The normalized spacial score (nSPS) is 14.1. The predicted molar refractivity (Wildman–Crippen MR) is 119 cm³/mol. The summed E-state index contributed by atoms with van der Waals surface area (Å²) >= 11 is 3.57. The molecule has 0 unspecified atom stereocenters. The molecule has 1 aliphatic rings. The summed E-state index contributed by atoms with van der Waals surface area (Å²) in [4.78, 5) is 13.1. The number of nitriles is 1. The molecule has 4 rings (SSSR count). The van der Waals surface area contributed by atoms with Crippen molar-refractivity contribution in [2.24, 2.45) is 0 Å². The Bertz CT molecular complexity index is 1090. The Morgan fingerprint density at radius 3 is 2.48 bits per heavy atom. The van der Waals surface area contributed by atoms with Crippen molar-refractivity contribution in [2.45, 2.75) is 25.7 Å². The van der Waals surface area contributed by atoms with Crippen LogP contribution in [0.2, 0.25) is 0 Å². The van der Waals surface area contributed by atoms with E-state index >= 15 is 0 Å². The van der Waals surface area contributed by atoms with E-state index in [9.17, 15) is 10.1 Å². The third-order valence-corrected chi connectivity index (χ3v) is 6.21. The van der Waals surface area contributed by atoms with Gasteiger partial charge in [0.05, 0.1) is 17.3 Å². The van der Waals surface area contributed by atoms with Crippen LogP contribution < -0.4 is 5.01 Å². The number of aryl methyl sites for hydroxylation is 1. The fraction of sp³-hybridized carbons (Fsp3) is 0.250. The highest BCUT2D eigenvalue weighted by Crippen LogP contribution is 2.32. The Labute approximate surface area is 179 Å². The van der Waals surface area contributed by atoms with Crippen molar-refractivity contribution in [3.63, 3.8) is 0 Å². The molecule has 0 aliphatic carbocycles. The third-order valence-electron chi connectivity index (χ3n) is 5.43. The molecule has 3 aromatic carbocycles. The molecular formula is C24H22BrN3O. The van der Waals surface area contributed by atoms with Crippen molar-refractivity contribution in [2.75, 3.05) is 18.1 Å². The number of carbonyl (C=O) groups excluding carboxylic acids is 1. The Kier molecular flexibility index (Phi) is 5.82. The van der Waals surface area contributed by atoms with Gasteiger partial charge in [-0.25, -0.2) is 0 Å². The summed E-state index contributed by atoms with van der Waals surface area (Å²) < 4.78 is 1.04. The lowest BCUT2D eigenvalue weighted by molar-refractivity contribution is -0.132. The van der Waals surface area contributed by atoms with E-state index in [1.807, 2.05) is 59.6 Å². The number of halogens is 1. The van der Waals surface area contributed by atoms with Gasteiger partial charge in [-0.15, -0.1) is 0 Å². The SMILES string of the molecule is N#Cc1ccc(N2CCCCN2C(=O)CCc2ccccc2Br)c2ccccc12. The average molecular weight is 448 g/mol. The highest BCUT2D eigenvalue weighted by molar-refractivity contribution is 9.10. The number of anilines is 1. The third kappa shape index (κ3) is 3.99. The van der Waals surface area contributed by atoms with Crippen molar-refractivity contribution in [3.8, 4) is 6.07 Å². The number of hydrazine groups is 1. The Morgan fingerprint density at radius 2 is 1.69 bits per heavy atom. The number of hydrogen-bond acceptors (Lipinski definition) is 3. The first-order valence-electron chi connectivity index (χ1n) is 9.92. The maximum atomic E-state index is 13.1. The molecular weight excluding hydrogens is 426 g/mol. The molecule has 1 saturated heterocycles. The Morgan fingerprint density at radius 1 is 0.966 bits per heavy atom. The Hall–Kier alpha value is -2.84. The molecule has 29 heavy (non-hydrogen) atoms. The lowest BCUT2D eigenvalue weighted by Crippen LogP contribution is -2.50. The van der Waals surface area contributed by atoms with Crippen LogP contribution in [-0.2, 0) is 11.2 Å². The summed E-state index contributed by atoms with van der Waals surface area (Å²) in [6.45, 7) is 1.53. The maximum Gasteiger partial charge on any atom is 0.241 e. The summed E-state index contributed by atoms with van der Waals surface area (Å²) in [5, 5.41) is 15.4. The molecule has 1 amide bonds. The first kappa shape index (κ1) is 19.5. The van der Waals surface area contributed by atoms with E-state index in [1.54, 1.807) is 0 Å². The standard InChI is InChI=1S/C24H22BrN3O/c25-22-10-4-1-7-18(22)12-14-24(29)28-16-6-5-15-27(28)23-13-11-19(17-26)20-8-2-3-9-21(20)23/h1-4,7-11,13H,5-6,12,14-16H2. The van der Waals surface area contributed by atoms with E-state index < -0.39 is 0 Å². The largest absolute Gasteiger partial charge is 0.282 e. The predicted octanol–water partition coefficient (Wildman–Crippen LogP) is 5.45. The summed E-state index contributed by atoms with van der Waals surface area (Å²) in [6, 6.07) is 22.1. The second kappa shape index (κ2) is 8.67. The molecule has 1 fully saturated rings. The van der Waals surface area contributed by atoms with Crippen LogP contribution in [0, 0.1) is 11.3 Å². The molecule has 0 N–H and O–H groups in total. The quantitative estimate of drug-likeness (QED) is 0.533. The number of carbonyl (C=O) groups is 1. The van der Waals surface area contributed by atoms with Crippen molar-refractivity contribution >= 4 is 38.3 Å². The maximum absolute atomic E-state index is 13.1. The smallest absolute Gasteiger partial charge is 0.241 e. The molecule has 0 spiro atoms. The van der Waals surface area contributed by atoms with Gasteiger partial charge in [-0.1, -0.05) is 58.4 Å². The molecule has 146 valence electrons. The molecule has 0 bridgehead atoms. The van der Waals surface area contributed by atoms with Gasteiger partial charge in [-0.05, 0) is 43.0 Å². The van der Waals surface area contributed by atoms with Crippen LogP contribution in [0.4, 0.5) is 5.69 Å². The van der Waals surface area contributed by atoms with Gasteiger partial charge in [-0.2, -0.15) is 5.26 Å². The molecule has 4 nitrogen and oxygen atoms in total. The second-order valence-corrected chi connectivity index (χ2v) is 8.08. The molecule has 3 aromatic rings. The van der Waals surface area contributed by atoms with Gasteiger partial charge < -0.3 is 0 Å². The lowest BCUT2D eigenvalue weighted by Gasteiger charge is -2.41. The van der Waals surface area contributed by atoms with Gasteiger partial charge in [0.15, 0.2) is 0 Å². The zero-order valence-electron chi connectivity index (χ0n) is 16.1. The first-order valence-corrected chi connectivity index (χ1v) is 10.7. The summed E-state index contributed by atoms with van der Waals surface area (Å²) in [7, 11) is 0. The van der Waals surface area contributed by atoms with Gasteiger partial charge in [0.2, 0.25) is 5.91 Å². The fourth-order valence-electron chi connectivity index (χ4n) is 3.95. The zero-order chi connectivity index (χ0) is 20.2. The monoisotopic (exact) mass is 447 g/mol. The summed E-state index contributed by atoms with van der Waals surface area (Å²) in [5.74, 6) is 0.133. The van der Waals surface area contributed by atoms with Crippen molar-refractivity contribution in [3.05, 3.63) is 76.3 Å². The van der Waals surface area contributed by atoms with Crippen LogP contribution in [0.25, 0.3) is 10.8 Å². The number of benzene rings is 3. The second-order valence-electron chi connectivity index (χ2n) is 7.23. The summed E-state index contributed by atoms with van der Waals surface area (Å²) in [6.07, 6.45) is 3.22.